The van der Waals surface area contributed by atoms with E-state index in [0.717, 1.165) is 37.3 Å². The number of anilines is 1. The van der Waals surface area contributed by atoms with E-state index in [4.69, 9.17) is 0 Å². The summed E-state index contributed by atoms with van der Waals surface area (Å²) in [4.78, 5) is 16.2. The first-order valence-electron chi connectivity index (χ1n) is 10.7. The Morgan fingerprint density at radius 2 is 1.47 bits per heavy atom. The molecule has 2 saturated heterocycles. The maximum absolute atomic E-state index is 12.6. The molecule has 1 N–H and O–H groups in total. The number of rotatable bonds is 7. The van der Waals surface area contributed by atoms with Crippen molar-refractivity contribution in [2.24, 2.45) is 0 Å². The summed E-state index contributed by atoms with van der Waals surface area (Å²) in [7, 11) is -3.61. The first-order chi connectivity index (χ1) is 14.5. The average molecular weight is 428 g/mol. The minimum absolute atomic E-state index is 0.0902. The van der Waals surface area contributed by atoms with Gasteiger partial charge in [-0.2, -0.15) is 0 Å². The Morgan fingerprint density at radius 1 is 0.800 bits per heavy atom. The van der Waals surface area contributed by atoms with Gasteiger partial charge in [-0.1, -0.05) is 30.7 Å². The van der Waals surface area contributed by atoms with Gasteiger partial charge in [0.25, 0.3) is 0 Å². The van der Waals surface area contributed by atoms with Crippen LogP contribution in [0.4, 0.5) is 5.69 Å². The Labute approximate surface area is 178 Å². The van der Waals surface area contributed by atoms with E-state index in [1.54, 1.807) is 29.2 Å². The lowest BCUT2D eigenvalue weighted by atomic mass is 10.1. The van der Waals surface area contributed by atoms with E-state index in [1.807, 2.05) is 12.1 Å². The van der Waals surface area contributed by atoms with Gasteiger partial charge in [-0.15, -0.1) is 0 Å². The van der Waals surface area contributed by atoms with E-state index in [2.05, 4.69) is 21.8 Å². The number of nitrogens with zero attached hydrogens (tertiary/aromatic N) is 2. The van der Waals surface area contributed by atoms with Crippen LogP contribution < -0.4 is 9.62 Å². The van der Waals surface area contributed by atoms with Crippen LogP contribution in [0.1, 0.15) is 43.2 Å². The van der Waals surface area contributed by atoms with Crippen molar-refractivity contribution in [2.45, 2.75) is 50.1 Å². The van der Waals surface area contributed by atoms with Gasteiger partial charge in [0.15, 0.2) is 0 Å². The van der Waals surface area contributed by atoms with Crippen molar-refractivity contribution in [1.82, 2.24) is 9.62 Å². The predicted molar refractivity (Wildman–Crippen MR) is 118 cm³/mol. The first-order valence-corrected chi connectivity index (χ1v) is 12.2. The molecule has 160 valence electrons. The lowest BCUT2D eigenvalue weighted by Gasteiger charge is -2.26. The SMILES string of the molecule is O=C1CCCN1c1ccc(S(=O)(=O)NCc2ccc(CN3CCCCC3)cc2)cc1. The number of hydrogen-bond donors (Lipinski definition) is 1. The molecule has 2 fully saturated rings. The molecule has 2 aromatic rings. The molecule has 7 heteroatoms. The molecular formula is C23H29N3O3S. The van der Waals surface area contributed by atoms with Crippen LogP contribution in [-0.2, 0) is 27.9 Å². The molecule has 0 bridgehead atoms. The number of hydrogen-bond acceptors (Lipinski definition) is 4. The fourth-order valence-corrected chi connectivity index (χ4v) is 5.14. The summed E-state index contributed by atoms with van der Waals surface area (Å²) >= 11 is 0. The highest BCUT2D eigenvalue weighted by Gasteiger charge is 2.22. The number of carbonyl (C=O) groups excluding carboxylic acids is 1. The maximum atomic E-state index is 12.6. The maximum Gasteiger partial charge on any atom is 0.240 e. The normalized spacial score (nSPS) is 18.1. The summed E-state index contributed by atoms with van der Waals surface area (Å²) in [5.41, 5.74) is 2.94. The van der Waals surface area contributed by atoms with Crippen molar-refractivity contribution in [1.29, 1.82) is 0 Å². The second-order valence-electron chi connectivity index (χ2n) is 8.12. The van der Waals surface area contributed by atoms with E-state index < -0.39 is 10.0 Å². The van der Waals surface area contributed by atoms with Gasteiger partial charge in [0.2, 0.25) is 15.9 Å². The molecular weight excluding hydrogens is 398 g/mol. The number of likely N-dealkylation sites (tertiary alicyclic amines) is 1. The Hall–Kier alpha value is -2.22. The number of piperidine rings is 1. The van der Waals surface area contributed by atoms with Gasteiger partial charge in [0, 0.05) is 31.7 Å². The summed E-state index contributed by atoms with van der Waals surface area (Å²) in [5, 5.41) is 0. The third-order valence-electron chi connectivity index (χ3n) is 5.88. The summed E-state index contributed by atoms with van der Waals surface area (Å²) in [6.45, 7) is 4.21. The highest BCUT2D eigenvalue weighted by Crippen LogP contribution is 2.23. The lowest BCUT2D eigenvalue weighted by molar-refractivity contribution is -0.117. The molecule has 0 spiro atoms. The molecule has 2 heterocycles. The Bertz CT molecular complexity index is 966. The van der Waals surface area contributed by atoms with Crippen LogP contribution in [0.25, 0.3) is 0 Å². The van der Waals surface area contributed by atoms with Gasteiger partial charge in [0.1, 0.15) is 0 Å². The standard InChI is InChI=1S/C23H29N3O3S/c27-23-5-4-16-26(23)21-10-12-22(13-11-21)30(28,29)24-17-19-6-8-20(9-7-19)18-25-14-2-1-3-15-25/h6-13,24H,1-5,14-18H2. The van der Waals surface area contributed by atoms with Gasteiger partial charge >= 0.3 is 0 Å². The fourth-order valence-electron chi connectivity index (χ4n) is 4.13. The fraction of sp³-hybridized carbons (Fsp3) is 0.435. The van der Waals surface area contributed by atoms with E-state index in [-0.39, 0.29) is 17.3 Å². The van der Waals surface area contributed by atoms with Crippen LogP contribution >= 0.6 is 0 Å². The molecule has 6 nitrogen and oxygen atoms in total. The molecule has 0 saturated carbocycles. The first kappa shape index (κ1) is 21.0. The smallest absolute Gasteiger partial charge is 0.240 e. The molecule has 2 aliphatic heterocycles. The van der Waals surface area contributed by atoms with Gasteiger partial charge < -0.3 is 4.90 Å². The topological polar surface area (TPSA) is 69.7 Å². The molecule has 2 aromatic carbocycles. The highest BCUT2D eigenvalue weighted by atomic mass is 32.2. The zero-order valence-corrected chi connectivity index (χ0v) is 18.0. The van der Waals surface area contributed by atoms with Crippen LogP contribution in [-0.4, -0.2) is 38.9 Å². The van der Waals surface area contributed by atoms with Crippen molar-refractivity contribution in [2.75, 3.05) is 24.5 Å². The van der Waals surface area contributed by atoms with E-state index in [0.29, 0.717) is 13.0 Å². The molecule has 30 heavy (non-hydrogen) atoms. The minimum Gasteiger partial charge on any atom is -0.312 e. The quantitative estimate of drug-likeness (QED) is 0.736. The molecule has 0 atom stereocenters. The van der Waals surface area contributed by atoms with E-state index in [1.165, 1.54) is 24.8 Å². The summed E-state index contributed by atoms with van der Waals surface area (Å²) in [6.07, 6.45) is 5.27. The molecule has 0 aliphatic carbocycles. The van der Waals surface area contributed by atoms with Crippen molar-refractivity contribution < 1.29 is 13.2 Å². The lowest BCUT2D eigenvalue weighted by Crippen LogP contribution is -2.29. The van der Waals surface area contributed by atoms with Gasteiger partial charge in [-0.05, 0) is 67.7 Å². The van der Waals surface area contributed by atoms with Crippen LogP contribution in [0.3, 0.4) is 0 Å². The number of amides is 1. The Kier molecular flexibility index (Phi) is 6.51. The summed E-state index contributed by atoms with van der Waals surface area (Å²) in [5.74, 6) is 0.0902. The highest BCUT2D eigenvalue weighted by molar-refractivity contribution is 7.89. The van der Waals surface area contributed by atoms with Crippen LogP contribution in [0, 0.1) is 0 Å². The molecule has 1 amide bonds. The molecule has 0 unspecified atom stereocenters. The Balaban J connectivity index is 1.33. The Morgan fingerprint density at radius 3 is 2.10 bits per heavy atom. The van der Waals surface area contributed by atoms with Gasteiger partial charge in [0.05, 0.1) is 4.90 Å². The largest absolute Gasteiger partial charge is 0.312 e. The third kappa shape index (κ3) is 5.09. The van der Waals surface area contributed by atoms with E-state index in [9.17, 15) is 13.2 Å². The van der Waals surface area contributed by atoms with Crippen molar-refractivity contribution in [3.63, 3.8) is 0 Å². The zero-order chi connectivity index (χ0) is 21.0. The monoisotopic (exact) mass is 427 g/mol. The summed E-state index contributed by atoms with van der Waals surface area (Å²) < 4.78 is 27.9. The number of carbonyl (C=O) groups is 1. The van der Waals surface area contributed by atoms with Crippen molar-refractivity contribution >= 4 is 21.6 Å². The number of benzene rings is 2. The zero-order valence-electron chi connectivity index (χ0n) is 17.2. The molecule has 2 aliphatic rings. The number of sulfonamides is 1. The third-order valence-corrected chi connectivity index (χ3v) is 7.29. The molecule has 0 radical (unpaired) electrons. The number of nitrogens with one attached hydrogen (secondary N) is 1. The van der Waals surface area contributed by atoms with E-state index >= 15 is 0 Å². The van der Waals surface area contributed by atoms with Crippen molar-refractivity contribution in [3.8, 4) is 0 Å². The molecule has 4 rings (SSSR count). The second-order valence-corrected chi connectivity index (χ2v) is 9.89. The van der Waals surface area contributed by atoms with Crippen LogP contribution in [0.15, 0.2) is 53.4 Å². The van der Waals surface area contributed by atoms with Gasteiger partial charge in [-0.3, -0.25) is 9.69 Å². The van der Waals surface area contributed by atoms with Crippen LogP contribution in [0.2, 0.25) is 0 Å². The van der Waals surface area contributed by atoms with Crippen LogP contribution in [0.5, 0.6) is 0 Å². The van der Waals surface area contributed by atoms with Gasteiger partial charge in [-0.25, -0.2) is 13.1 Å². The summed E-state index contributed by atoms with van der Waals surface area (Å²) in [6, 6.07) is 14.7. The average Bonchev–Trinajstić information content (AvgIpc) is 3.20. The van der Waals surface area contributed by atoms with Crippen molar-refractivity contribution in [3.05, 3.63) is 59.7 Å². The predicted octanol–water partition coefficient (Wildman–Crippen LogP) is 3.28. The second kappa shape index (κ2) is 9.29. The molecule has 0 aromatic heterocycles. The minimum atomic E-state index is -3.61.